The minimum atomic E-state index is -0.0615. The van der Waals surface area contributed by atoms with Crippen LogP contribution < -0.4 is 19.9 Å². The van der Waals surface area contributed by atoms with Crippen molar-refractivity contribution < 1.29 is 19.2 Å². The Hall–Kier alpha value is -2.86. The monoisotopic (exact) mass is 368 g/mol. The molecule has 1 saturated heterocycles. The van der Waals surface area contributed by atoms with E-state index in [4.69, 9.17) is 4.74 Å². The van der Waals surface area contributed by atoms with Crippen LogP contribution in [0.3, 0.4) is 0 Å². The number of nitrogens with one attached hydrogen (secondary N) is 2. The molecule has 0 saturated carbocycles. The van der Waals surface area contributed by atoms with Crippen molar-refractivity contribution in [2.75, 3.05) is 50.1 Å². The topological polar surface area (TPSA) is 63.1 Å². The van der Waals surface area contributed by atoms with E-state index in [9.17, 15) is 9.59 Å². The Morgan fingerprint density at radius 1 is 1.11 bits per heavy atom. The Morgan fingerprint density at radius 3 is 2.56 bits per heavy atom. The first-order valence-electron chi connectivity index (χ1n) is 9.19. The highest BCUT2D eigenvalue weighted by Gasteiger charge is 2.23. The van der Waals surface area contributed by atoms with Crippen molar-refractivity contribution in [2.24, 2.45) is 0 Å². The third kappa shape index (κ3) is 4.86. The summed E-state index contributed by atoms with van der Waals surface area (Å²) in [5, 5.41) is 2.89. The van der Waals surface area contributed by atoms with Crippen molar-refractivity contribution in [2.45, 2.75) is 6.92 Å². The van der Waals surface area contributed by atoms with Gasteiger partial charge in [-0.15, -0.1) is 0 Å². The largest absolute Gasteiger partial charge is 0.497 e. The number of quaternary nitrogens is 1. The van der Waals surface area contributed by atoms with Crippen LogP contribution in [0.15, 0.2) is 48.5 Å². The summed E-state index contributed by atoms with van der Waals surface area (Å²) in [5.41, 5.74) is 2.28. The van der Waals surface area contributed by atoms with Crippen molar-refractivity contribution in [3.8, 4) is 5.75 Å². The summed E-state index contributed by atoms with van der Waals surface area (Å²) in [7, 11) is 1.67. The molecule has 0 aliphatic carbocycles. The average Bonchev–Trinajstić information content (AvgIpc) is 2.69. The molecule has 27 heavy (non-hydrogen) atoms. The van der Waals surface area contributed by atoms with E-state index in [2.05, 4.69) is 16.3 Å². The van der Waals surface area contributed by atoms with E-state index in [0.717, 1.165) is 37.6 Å². The molecule has 6 nitrogen and oxygen atoms in total. The molecule has 1 aliphatic rings. The van der Waals surface area contributed by atoms with Gasteiger partial charge in [-0.25, -0.2) is 0 Å². The van der Waals surface area contributed by atoms with E-state index >= 15 is 0 Å². The first-order chi connectivity index (χ1) is 13.1. The minimum Gasteiger partial charge on any atom is -0.497 e. The van der Waals surface area contributed by atoms with Gasteiger partial charge in [0.15, 0.2) is 12.3 Å². The number of carbonyl (C=O) groups excluding carboxylic acids is 2. The van der Waals surface area contributed by atoms with Crippen LogP contribution in [0.1, 0.15) is 17.3 Å². The molecule has 6 heteroatoms. The molecule has 1 heterocycles. The number of methoxy groups -OCH3 is 1. The highest BCUT2D eigenvalue weighted by Crippen LogP contribution is 2.20. The molecule has 2 N–H and O–H groups in total. The Balaban J connectivity index is 1.53. The maximum Gasteiger partial charge on any atom is 0.279 e. The molecule has 0 spiro atoms. The maximum atomic E-state index is 12.4. The van der Waals surface area contributed by atoms with Crippen molar-refractivity contribution in [3.63, 3.8) is 0 Å². The normalized spacial score (nSPS) is 14.7. The quantitative estimate of drug-likeness (QED) is 0.753. The fourth-order valence-corrected chi connectivity index (χ4v) is 3.39. The predicted molar refractivity (Wildman–Crippen MR) is 106 cm³/mol. The zero-order valence-corrected chi connectivity index (χ0v) is 15.8. The molecule has 0 unspecified atom stereocenters. The molecule has 2 aromatic carbocycles. The summed E-state index contributed by atoms with van der Waals surface area (Å²) in [4.78, 5) is 27.7. The Morgan fingerprint density at radius 2 is 1.85 bits per heavy atom. The van der Waals surface area contributed by atoms with Gasteiger partial charge >= 0.3 is 0 Å². The highest BCUT2D eigenvalue weighted by atomic mass is 16.5. The summed E-state index contributed by atoms with van der Waals surface area (Å²) >= 11 is 0. The van der Waals surface area contributed by atoms with Gasteiger partial charge in [-0.1, -0.05) is 18.2 Å². The number of para-hydroxylation sites is 1. The number of ether oxygens (including phenoxy) is 1. The molecule has 2 aromatic rings. The summed E-state index contributed by atoms with van der Waals surface area (Å²) in [6, 6.07) is 15.2. The molecule has 0 aromatic heterocycles. The van der Waals surface area contributed by atoms with Gasteiger partial charge in [-0.3, -0.25) is 9.59 Å². The molecular weight excluding hydrogens is 342 g/mol. The lowest BCUT2D eigenvalue weighted by atomic mass is 10.1. The predicted octanol–water partition coefficient (Wildman–Crippen LogP) is 1.24. The SMILES string of the molecule is COc1cccc(N2CC[NH+](CC(=O)Nc3ccccc3C(C)=O)CC2)c1. The number of hydrogen-bond acceptors (Lipinski definition) is 4. The first-order valence-corrected chi connectivity index (χ1v) is 9.19. The molecule has 1 fully saturated rings. The van der Waals surface area contributed by atoms with E-state index in [1.807, 2.05) is 24.3 Å². The van der Waals surface area contributed by atoms with Crippen molar-refractivity contribution in [3.05, 3.63) is 54.1 Å². The van der Waals surface area contributed by atoms with Crippen LogP contribution in [0, 0.1) is 0 Å². The van der Waals surface area contributed by atoms with Crippen molar-refractivity contribution in [1.82, 2.24) is 0 Å². The number of rotatable bonds is 6. The number of amides is 1. The van der Waals surface area contributed by atoms with Crippen LogP contribution in [0.4, 0.5) is 11.4 Å². The second-order valence-corrected chi connectivity index (χ2v) is 6.77. The fraction of sp³-hybridized carbons (Fsp3) is 0.333. The lowest BCUT2D eigenvalue weighted by molar-refractivity contribution is -0.892. The van der Waals surface area contributed by atoms with Crippen molar-refractivity contribution in [1.29, 1.82) is 0 Å². The molecule has 0 radical (unpaired) electrons. The van der Waals surface area contributed by atoms with Crippen LogP contribution in [-0.4, -0.2) is 51.5 Å². The summed E-state index contributed by atoms with van der Waals surface area (Å²) in [6.07, 6.45) is 0. The van der Waals surface area contributed by atoms with Gasteiger partial charge in [0.1, 0.15) is 5.75 Å². The number of piperazine rings is 1. The maximum absolute atomic E-state index is 12.4. The number of hydrogen-bond donors (Lipinski definition) is 2. The average molecular weight is 368 g/mol. The molecule has 3 rings (SSSR count). The lowest BCUT2D eigenvalue weighted by Crippen LogP contribution is -3.15. The molecule has 0 bridgehead atoms. The molecular formula is C21H26N3O3+. The number of nitrogens with zero attached hydrogens (tertiary/aromatic N) is 1. The molecule has 1 amide bonds. The number of anilines is 2. The number of ketones is 1. The van der Waals surface area contributed by atoms with Crippen LogP contribution >= 0.6 is 0 Å². The summed E-state index contributed by atoms with van der Waals surface area (Å²) < 4.78 is 5.29. The summed E-state index contributed by atoms with van der Waals surface area (Å²) in [6.45, 7) is 5.46. The van der Waals surface area contributed by atoms with Crippen LogP contribution in [0.25, 0.3) is 0 Å². The third-order valence-electron chi connectivity index (χ3n) is 4.88. The van der Waals surface area contributed by atoms with E-state index in [1.165, 1.54) is 11.8 Å². The van der Waals surface area contributed by atoms with Gasteiger partial charge in [0.25, 0.3) is 5.91 Å². The van der Waals surface area contributed by atoms with Gasteiger partial charge in [-0.2, -0.15) is 0 Å². The van der Waals surface area contributed by atoms with E-state index in [1.54, 1.807) is 25.3 Å². The van der Waals surface area contributed by atoms with Crippen molar-refractivity contribution >= 4 is 23.1 Å². The second kappa shape index (κ2) is 8.68. The van der Waals surface area contributed by atoms with Gasteiger partial charge in [0.05, 0.1) is 39.0 Å². The van der Waals surface area contributed by atoms with Gasteiger partial charge in [-0.05, 0) is 31.2 Å². The molecule has 142 valence electrons. The van der Waals surface area contributed by atoms with Gasteiger partial charge < -0.3 is 19.9 Å². The lowest BCUT2D eigenvalue weighted by Gasteiger charge is -2.33. The Labute approximate surface area is 159 Å². The third-order valence-corrected chi connectivity index (χ3v) is 4.88. The zero-order chi connectivity index (χ0) is 19.2. The first kappa shape index (κ1) is 18.9. The molecule has 0 atom stereocenters. The minimum absolute atomic E-state index is 0.0508. The van der Waals surface area contributed by atoms with E-state index in [0.29, 0.717) is 17.8 Å². The number of carbonyl (C=O) groups is 2. The Bertz CT molecular complexity index is 814. The van der Waals surface area contributed by atoms with E-state index in [-0.39, 0.29) is 11.7 Å². The standard InChI is InChI=1S/C21H25N3O3/c1-16(25)19-8-3-4-9-20(19)22-21(26)15-23-10-12-24(13-11-23)17-6-5-7-18(14-17)27-2/h3-9,14H,10-13,15H2,1-2H3,(H,22,26)/p+1. The van der Waals surface area contributed by atoms with Gasteiger partial charge in [0, 0.05) is 17.3 Å². The van der Waals surface area contributed by atoms with Crippen LogP contribution in [-0.2, 0) is 4.79 Å². The second-order valence-electron chi connectivity index (χ2n) is 6.77. The smallest absolute Gasteiger partial charge is 0.279 e. The fourth-order valence-electron chi connectivity index (χ4n) is 3.39. The van der Waals surface area contributed by atoms with Crippen LogP contribution in [0.2, 0.25) is 0 Å². The Kier molecular flexibility index (Phi) is 6.08. The zero-order valence-electron chi connectivity index (χ0n) is 15.8. The highest BCUT2D eigenvalue weighted by molar-refractivity contribution is 6.03. The number of Topliss-reactive ketones (excluding diaryl/α,β-unsaturated/α-hetero) is 1. The van der Waals surface area contributed by atoms with Gasteiger partial charge in [0.2, 0.25) is 0 Å². The molecule has 1 aliphatic heterocycles. The van der Waals surface area contributed by atoms with E-state index < -0.39 is 0 Å². The number of benzene rings is 2. The van der Waals surface area contributed by atoms with Crippen LogP contribution in [0.5, 0.6) is 5.75 Å². The summed E-state index contributed by atoms with van der Waals surface area (Å²) in [5.74, 6) is 0.740.